The van der Waals surface area contributed by atoms with Gasteiger partial charge in [-0.2, -0.15) is 5.10 Å². The molecule has 2 N–H and O–H groups in total. The van der Waals surface area contributed by atoms with Gasteiger partial charge in [0.05, 0.1) is 18.3 Å². The van der Waals surface area contributed by atoms with E-state index in [4.69, 9.17) is 28.6 Å². The highest BCUT2D eigenvalue weighted by Gasteiger charge is 2.15. The first-order valence-electron chi connectivity index (χ1n) is 8.92. The van der Waals surface area contributed by atoms with Crippen LogP contribution in [0.15, 0.2) is 41.5 Å². The Kier molecular flexibility index (Phi) is 6.53. The van der Waals surface area contributed by atoms with Gasteiger partial charge in [-0.25, -0.2) is 0 Å². The molecule has 5 nitrogen and oxygen atoms in total. The fourth-order valence-corrected chi connectivity index (χ4v) is 3.60. The van der Waals surface area contributed by atoms with Crippen LogP contribution in [0.4, 0.5) is 11.4 Å². The Bertz CT molecular complexity index is 856. The fourth-order valence-electron chi connectivity index (χ4n) is 3.17. The number of benzene rings is 2. The molecule has 0 unspecified atom stereocenters. The van der Waals surface area contributed by atoms with Crippen molar-refractivity contribution in [3.8, 4) is 5.75 Å². The molecule has 0 spiro atoms. The van der Waals surface area contributed by atoms with Gasteiger partial charge in [-0.1, -0.05) is 17.7 Å². The number of thiocarbonyl (C=S) groups is 1. The van der Waals surface area contributed by atoms with Crippen LogP contribution in [0.1, 0.15) is 24.5 Å². The van der Waals surface area contributed by atoms with Crippen LogP contribution in [-0.2, 0) is 6.42 Å². The van der Waals surface area contributed by atoms with E-state index in [0.717, 1.165) is 30.8 Å². The van der Waals surface area contributed by atoms with Crippen molar-refractivity contribution in [2.75, 3.05) is 30.4 Å². The van der Waals surface area contributed by atoms with Gasteiger partial charge in [0.25, 0.3) is 0 Å². The third-order valence-electron chi connectivity index (χ3n) is 4.49. The molecule has 0 aliphatic carbocycles. The lowest BCUT2D eigenvalue weighted by Crippen LogP contribution is -2.28. The van der Waals surface area contributed by atoms with Gasteiger partial charge in [0.1, 0.15) is 5.75 Å². The van der Waals surface area contributed by atoms with Crippen molar-refractivity contribution in [3.63, 3.8) is 0 Å². The van der Waals surface area contributed by atoms with Crippen molar-refractivity contribution < 1.29 is 4.74 Å². The molecule has 0 radical (unpaired) electrons. The maximum absolute atomic E-state index is 6.11. The standard InChI is InChI=1S/C20H23ClN4OS/c1-3-25-10-4-5-15-11-14(6-8-18(15)25)13-22-24-20(27)23-16-7-9-19(26-2)17(21)12-16/h6-9,11-13H,3-5,10H2,1-2H3,(H2,23,24,27). The van der Waals surface area contributed by atoms with Crippen molar-refractivity contribution in [1.29, 1.82) is 0 Å². The van der Waals surface area contributed by atoms with E-state index in [1.165, 1.54) is 17.7 Å². The maximum Gasteiger partial charge on any atom is 0.191 e. The molecule has 1 aliphatic rings. The summed E-state index contributed by atoms with van der Waals surface area (Å²) in [5.41, 5.74) is 7.36. The Morgan fingerprint density at radius 2 is 2.19 bits per heavy atom. The zero-order chi connectivity index (χ0) is 19.2. The summed E-state index contributed by atoms with van der Waals surface area (Å²) in [5, 5.41) is 8.18. The summed E-state index contributed by atoms with van der Waals surface area (Å²) in [7, 11) is 1.58. The van der Waals surface area contributed by atoms with Crippen LogP contribution in [0.2, 0.25) is 5.02 Å². The number of rotatable bonds is 5. The van der Waals surface area contributed by atoms with Crippen molar-refractivity contribution in [2.24, 2.45) is 5.10 Å². The van der Waals surface area contributed by atoms with E-state index in [0.29, 0.717) is 15.9 Å². The normalized spacial score (nSPS) is 13.4. The van der Waals surface area contributed by atoms with Crippen molar-refractivity contribution in [1.82, 2.24) is 5.43 Å². The summed E-state index contributed by atoms with van der Waals surface area (Å²) in [6.07, 6.45) is 4.08. The zero-order valence-corrected chi connectivity index (χ0v) is 17.0. The third kappa shape index (κ3) is 4.90. The SMILES string of the molecule is CCN1CCCc2cc(C=NNC(=S)Nc3ccc(OC)c(Cl)c3)ccc21. The molecule has 27 heavy (non-hydrogen) atoms. The van der Waals surface area contributed by atoms with Crippen molar-refractivity contribution in [2.45, 2.75) is 19.8 Å². The fraction of sp³-hybridized carbons (Fsp3) is 0.300. The monoisotopic (exact) mass is 402 g/mol. The van der Waals surface area contributed by atoms with Crippen molar-refractivity contribution >= 4 is 46.5 Å². The Morgan fingerprint density at radius 3 is 2.93 bits per heavy atom. The van der Waals surface area contributed by atoms with E-state index in [2.05, 4.69) is 45.9 Å². The molecule has 0 saturated carbocycles. The van der Waals surface area contributed by atoms with Crippen LogP contribution >= 0.6 is 23.8 Å². The first-order valence-corrected chi connectivity index (χ1v) is 9.70. The van der Waals surface area contributed by atoms with Gasteiger partial charge < -0.3 is 15.0 Å². The Balaban J connectivity index is 1.59. The van der Waals surface area contributed by atoms with Gasteiger partial charge in [-0.3, -0.25) is 5.43 Å². The summed E-state index contributed by atoms with van der Waals surface area (Å²) in [5.74, 6) is 0.619. The summed E-state index contributed by atoms with van der Waals surface area (Å²) in [4.78, 5) is 2.41. The van der Waals surface area contributed by atoms with Gasteiger partial charge in [0, 0.05) is 24.5 Å². The first kappa shape index (κ1) is 19.5. The summed E-state index contributed by atoms with van der Waals surface area (Å²) in [6, 6.07) is 11.8. The molecule has 3 rings (SSSR count). The molecule has 0 amide bonds. The van der Waals surface area contributed by atoms with E-state index in [-0.39, 0.29) is 0 Å². The highest BCUT2D eigenvalue weighted by atomic mass is 35.5. The maximum atomic E-state index is 6.11. The van der Waals surface area contributed by atoms with Crippen molar-refractivity contribution in [3.05, 3.63) is 52.5 Å². The molecule has 0 atom stereocenters. The molecule has 0 fully saturated rings. The van der Waals surface area contributed by atoms with E-state index in [9.17, 15) is 0 Å². The van der Waals surface area contributed by atoms with Gasteiger partial charge >= 0.3 is 0 Å². The molecule has 0 bridgehead atoms. The summed E-state index contributed by atoms with van der Waals surface area (Å²) < 4.78 is 5.14. The van der Waals surface area contributed by atoms with E-state index < -0.39 is 0 Å². The third-order valence-corrected chi connectivity index (χ3v) is 4.98. The second-order valence-corrected chi connectivity index (χ2v) is 7.06. The number of nitrogens with one attached hydrogen (secondary N) is 2. The van der Waals surface area contributed by atoms with Crippen LogP contribution in [0.3, 0.4) is 0 Å². The van der Waals surface area contributed by atoms with Gasteiger partial charge in [0.2, 0.25) is 0 Å². The number of hydrogen-bond donors (Lipinski definition) is 2. The molecular formula is C20H23ClN4OS. The number of aryl methyl sites for hydroxylation is 1. The number of anilines is 2. The lowest BCUT2D eigenvalue weighted by atomic mass is 9.99. The minimum absolute atomic E-state index is 0.391. The van der Waals surface area contributed by atoms with E-state index in [1.54, 1.807) is 25.5 Å². The van der Waals surface area contributed by atoms with Gasteiger partial charge in [-0.05, 0) is 73.4 Å². The molecule has 142 valence electrons. The Morgan fingerprint density at radius 1 is 1.33 bits per heavy atom. The van der Waals surface area contributed by atoms with E-state index >= 15 is 0 Å². The average Bonchev–Trinajstić information content (AvgIpc) is 2.67. The largest absolute Gasteiger partial charge is 0.495 e. The lowest BCUT2D eigenvalue weighted by Gasteiger charge is -2.30. The van der Waals surface area contributed by atoms with Crippen LogP contribution in [0.5, 0.6) is 5.75 Å². The molecule has 2 aromatic carbocycles. The predicted octanol–water partition coefficient (Wildman–Crippen LogP) is 4.44. The molecular weight excluding hydrogens is 380 g/mol. The number of methoxy groups -OCH3 is 1. The number of hydrogen-bond acceptors (Lipinski definition) is 4. The second-order valence-electron chi connectivity index (χ2n) is 6.24. The quantitative estimate of drug-likeness (QED) is 0.440. The zero-order valence-electron chi connectivity index (χ0n) is 15.5. The number of ether oxygens (including phenoxy) is 1. The predicted molar refractivity (Wildman–Crippen MR) is 118 cm³/mol. The molecule has 2 aromatic rings. The highest BCUT2D eigenvalue weighted by Crippen LogP contribution is 2.28. The average molecular weight is 403 g/mol. The van der Waals surface area contributed by atoms with Crippen LogP contribution in [0.25, 0.3) is 0 Å². The molecule has 0 aromatic heterocycles. The van der Waals surface area contributed by atoms with Crippen LogP contribution < -0.4 is 20.4 Å². The number of fused-ring (bicyclic) bond motifs is 1. The Hall–Kier alpha value is -2.31. The molecule has 1 aliphatic heterocycles. The molecule has 1 heterocycles. The smallest absolute Gasteiger partial charge is 0.191 e. The summed E-state index contributed by atoms with van der Waals surface area (Å²) in [6.45, 7) is 4.36. The number of hydrazone groups is 1. The van der Waals surface area contributed by atoms with Crippen LogP contribution in [-0.4, -0.2) is 31.5 Å². The highest BCUT2D eigenvalue weighted by molar-refractivity contribution is 7.80. The number of halogens is 1. The minimum Gasteiger partial charge on any atom is -0.495 e. The molecule has 7 heteroatoms. The first-order chi connectivity index (χ1) is 13.1. The topological polar surface area (TPSA) is 48.9 Å². The van der Waals surface area contributed by atoms with Gasteiger partial charge in [0.15, 0.2) is 5.11 Å². The van der Waals surface area contributed by atoms with Gasteiger partial charge in [-0.15, -0.1) is 0 Å². The number of nitrogens with zero attached hydrogens (tertiary/aromatic N) is 2. The second kappa shape index (κ2) is 9.06. The van der Waals surface area contributed by atoms with E-state index in [1.807, 2.05) is 6.07 Å². The summed E-state index contributed by atoms with van der Waals surface area (Å²) >= 11 is 11.4. The Labute approximate surface area is 170 Å². The minimum atomic E-state index is 0.391. The lowest BCUT2D eigenvalue weighted by molar-refractivity contribution is 0.415. The van der Waals surface area contributed by atoms with Crippen LogP contribution in [0, 0.1) is 0 Å². The molecule has 0 saturated heterocycles.